The van der Waals surface area contributed by atoms with Crippen molar-refractivity contribution in [3.8, 4) is 0 Å². The highest BCUT2D eigenvalue weighted by Gasteiger charge is 1.92. The van der Waals surface area contributed by atoms with Gasteiger partial charge in [-0.2, -0.15) is 10.2 Å². The van der Waals surface area contributed by atoms with Crippen molar-refractivity contribution < 1.29 is 0 Å². The molecule has 0 spiro atoms. The zero-order valence-electron chi connectivity index (χ0n) is 7.77. The Morgan fingerprint density at radius 3 is 3.08 bits per heavy atom. The van der Waals surface area contributed by atoms with Crippen LogP contribution in [0.3, 0.4) is 0 Å². The lowest BCUT2D eigenvalue weighted by Crippen LogP contribution is -2.11. The predicted molar refractivity (Wildman–Crippen MR) is 52.3 cm³/mol. The molecule has 4 nitrogen and oxygen atoms in total. The van der Waals surface area contributed by atoms with Crippen molar-refractivity contribution >= 4 is 5.84 Å². The smallest absolute Gasteiger partial charge is 0.0941 e. The van der Waals surface area contributed by atoms with Gasteiger partial charge >= 0.3 is 0 Å². The summed E-state index contributed by atoms with van der Waals surface area (Å²) >= 11 is 0. The Labute approximate surface area is 77.9 Å². The highest BCUT2D eigenvalue weighted by Crippen LogP contribution is 1.95. The van der Waals surface area contributed by atoms with Crippen LogP contribution in [0, 0.1) is 0 Å². The van der Waals surface area contributed by atoms with Gasteiger partial charge in [0.25, 0.3) is 0 Å². The molecule has 0 aliphatic carbocycles. The standard InChI is InChI=1S/C9H14N4/c1-2-4-9(10)11-7-8-5-3-6-12-13-8/h3,5-6H,2,4,7H2,1H3,(H2,10,11). The van der Waals surface area contributed by atoms with Gasteiger partial charge in [-0.3, -0.25) is 4.99 Å². The normalized spacial score (nSPS) is 11.6. The summed E-state index contributed by atoms with van der Waals surface area (Å²) in [6, 6.07) is 3.73. The van der Waals surface area contributed by atoms with Crippen molar-refractivity contribution in [1.29, 1.82) is 0 Å². The van der Waals surface area contributed by atoms with Crippen LogP contribution in [0.25, 0.3) is 0 Å². The second-order valence-electron chi connectivity index (χ2n) is 2.77. The Morgan fingerprint density at radius 2 is 2.46 bits per heavy atom. The van der Waals surface area contributed by atoms with Crippen molar-refractivity contribution in [3.05, 3.63) is 24.0 Å². The van der Waals surface area contributed by atoms with Crippen LogP contribution < -0.4 is 5.73 Å². The average Bonchev–Trinajstić information content (AvgIpc) is 2.17. The van der Waals surface area contributed by atoms with E-state index in [2.05, 4.69) is 22.1 Å². The highest BCUT2D eigenvalue weighted by atomic mass is 15.1. The van der Waals surface area contributed by atoms with Gasteiger partial charge in [0.2, 0.25) is 0 Å². The van der Waals surface area contributed by atoms with Crippen molar-refractivity contribution in [3.63, 3.8) is 0 Å². The van der Waals surface area contributed by atoms with Crippen LogP contribution in [0.15, 0.2) is 23.3 Å². The van der Waals surface area contributed by atoms with Crippen LogP contribution in [0.1, 0.15) is 25.5 Å². The maximum atomic E-state index is 5.63. The monoisotopic (exact) mass is 178 g/mol. The maximum Gasteiger partial charge on any atom is 0.0941 e. The molecule has 0 aliphatic heterocycles. The molecule has 0 aromatic carbocycles. The molecular weight excluding hydrogens is 164 g/mol. The summed E-state index contributed by atoms with van der Waals surface area (Å²) in [6.45, 7) is 2.60. The molecule has 0 atom stereocenters. The van der Waals surface area contributed by atoms with E-state index in [-0.39, 0.29) is 0 Å². The summed E-state index contributed by atoms with van der Waals surface area (Å²) in [7, 11) is 0. The van der Waals surface area contributed by atoms with E-state index >= 15 is 0 Å². The number of rotatable bonds is 4. The fraction of sp³-hybridized carbons (Fsp3) is 0.444. The Kier molecular flexibility index (Phi) is 3.88. The first-order valence-corrected chi connectivity index (χ1v) is 4.38. The third kappa shape index (κ3) is 3.64. The third-order valence-electron chi connectivity index (χ3n) is 1.58. The van der Waals surface area contributed by atoms with Gasteiger partial charge in [0.05, 0.1) is 18.1 Å². The summed E-state index contributed by atoms with van der Waals surface area (Å²) in [6.07, 6.45) is 3.51. The van der Waals surface area contributed by atoms with Crippen LogP contribution in [-0.2, 0) is 6.54 Å². The van der Waals surface area contributed by atoms with E-state index in [4.69, 9.17) is 5.73 Å². The minimum atomic E-state index is 0.527. The number of amidine groups is 1. The van der Waals surface area contributed by atoms with Crippen molar-refractivity contribution in [2.24, 2.45) is 10.7 Å². The van der Waals surface area contributed by atoms with Gasteiger partial charge in [0, 0.05) is 12.6 Å². The molecule has 13 heavy (non-hydrogen) atoms. The molecular formula is C9H14N4. The molecule has 1 aromatic heterocycles. The van der Waals surface area contributed by atoms with E-state index in [1.165, 1.54) is 0 Å². The number of hydrogen-bond donors (Lipinski definition) is 1. The summed E-state index contributed by atoms with van der Waals surface area (Å²) < 4.78 is 0. The van der Waals surface area contributed by atoms with E-state index < -0.39 is 0 Å². The zero-order valence-corrected chi connectivity index (χ0v) is 7.77. The van der Waals surface area contributed by atoms with Gasteiger partial charge in [0.15, 0.2) is 0 Å². The van der Waals surface area contributed by atoms with Crippen molar-refractivity contribution in [2.45, 2.75) is 26.3 Å². The van der Waals surface area contributed by atoms with Crippen LogP contribution in [0.5, 0.6) is 0 Å². The van der Waals surface area contributed by atoms with Gasteiger partial charge < -0.3 is 5.73 Å². The lowest BCUT2D eigenvalue weighted by atomic mass is 10.3. The molecule has 0 radical (unpaired) electrons. The quantitative estimate of drug-likeness (QED) is 0.555. The van der Waals surface area contributed by atoms with Gasteiger partial charge in [-0.05, 0) is 18.6 Å². The third-order valence-corrected chi connectivity index (χ3v) is 1.58. The molecule has 1 aromatic rings. The van der Waals surface area contributed by atoms with Gasteiger partial charge in [-0.25, -0.2) is 0 Å². The summed E-state index contributed by atoms with van der Waals surface area (Å²) in [4.78, 5) is 4.18. The van der Waals surface area contributed by atoms with Crippen molar-refractivity contribution in [2.75, 3.05) is 0 Å². The van der Waals surface area contributed by atoms with E-state index in [9.17, 15) is 0 Å². The van der Waals surface area contributed by atoms with E-state index in [0.717, 1.165) is 18.5 Å². The van der Waals surface area contributed by atoms with Crippen molar-refractivity contribution in [1.82, 2.24) is 10.2 Å². The molecule has 4 heteroatoms. The lowest BCUT2D eigenvalue weighted by Gasteiger charge is -1.97. The zero-order chi connectivity index (χ0) is 9.52. The Morgan fingerprint density at radius 1 is 1.62 bits per heavy atom. The Hall–Kier alpha value is -1.45. The topological polar surface area (TPSA) is 64.2 Å². The molecule has 2 N–H and O–H groups in total. The molecule has 70 valence electrons. The molecule has 0 bridgehead atoms. The minimum Gasteiger partial charge on any atom is -0.387 e. The number of nitrogens with two attached hydrogens (primary N) is 1. The second kappa shape index (κ2) is 5.24. The molecule has 0 aliphatic rings. The van der Waals surface area contributed by atoms with E-state index in [1.807, 2.05) is 12.1 Å². The fourth-order valence-electron chi connectivity index (χ4n) is 0.935. The van der Waals surface area contributed by atoms with Gasteiger partial charge in [-0.15, -0.1) is 0 Å². The number of nitrogens with zero attached hydrogens (tertiary/aromatic N) is 3. The van der Waals surface area contributed by atoms with E-state index in [1.54, 1.807) is 6.20 Å². The van der Waals surface area contributed by atoms with Crippen LogP contribution >= 0.6 is 0 Å². The fourth-order valence-corrected chi connectivity index (χ4v) is 0.935. The second-order valence-corrected chi connectivity index (χ2v) is 2.77. The minimum absolute atomic E-state index is 0.527. The van der Waals surface area contributed by atoms with Gasteiger partial charge in [0.1, 0.15) is 0 Å². The lowest BCUT2D eigenvalue weighted by molar-refractivity contribution is 0.884. The molecule has 0 saturated carbocycles. The molecule has 0 fully saturated rings. The Balaban J connectivity index is 2.47. The SMILES string of the molecule is CCCC(N)=NCc1cccnn1. The number of hydrogen-bond acceptors (Lipinski definition) is 3. The van der Waals surface area contributed by atoms with Gasteiger partial charge in [-0.1, -0.05) is 6.92 Å². The van der Waals surface area contributed by atoms with E-state index in [0.29, 0.717) is 12.4 Å². The van der Waals surface area contributed by atoms with Crippen LogP contribution in [-0.4, -0.2) is 16.0 Å². The molecule has 1 rings (SSSR count). The molecule has 0 unspecified atom stereocenters. The summed E-state index contributed by atoms with van der Waals surface area (Å²) in [5, 5.41) is 7.65. The Bertz CT molecular complexity index is 268. The first-order chi connectivity index (χ1) is 6.33. The predicted octanol–water partition coefficient (Wildman–Crippen LogP) is 1.13. The molecule has 0 amide bonds. The largest absolute Gasteiger partial charge is 0.387 e. The highest BCUT2D eigenvalue weighted by molar-refractivity contribution is 5.80. The number of aliphatic imine (C=N–C) groups is 1. The summed E-state index contributed by atoms with van der Waals surface area (Å²) in [5.74, 6) is 0.688. The first kappa shape index (κ1) is 9.64. The molecule has 1 heterocycles. The van der Waals surface area contributed by atoms with Crippen LogP contribution in [0.2, 0.25) is 0 Å². The number of aromatic nitrogens is 2. The average molecular weight is 178 g/mol. The summed E-state index contributed by atoms with van der Waals surface area (Å²) in [5.41, 5.74) is 6.48. The van der Waals surface area contributed by atoms with Crippen LogP contribution in [0.4, 0.5) is 0 Å². The molecule has 0 saturated heterocycles. The first-order valence-electron chi connectivity index (χ1n) is 4.38. The maximum absolute atomic E-state index is 5.63.